The van der Waals surface area contributed by atoms with E-state index in [-0.39, 0.29) is 17.4 Å². The first-order chi connectivity index (χ1) is 8.93. The summed E-state index contributed by atoms with van der Waals surface area (Å²) in [6.07, 6.45) is 0.662. The van der Waals surface area contributed by atoms with Crippen LogP contribution < -0.4 is 5.32 Å². The van der Waals surface area contributed by atoms with Gasteiger partial charge in [-0.2, -0.15) is 10.4 Å². The Labute approximate surface area is 112 Å². The second kappa shape index (κ2) is 5.13. The third-order valence-corrected chi connectivity index (χ3v) is 5.29. The third-order valence-electron chi connectivity index (χ3n) is 3.45. The van der Waals surface area contributed by atoms with Crippen molar-refractivity contribution in [3.8, 4) is 6.07 Å². The van der Waals surface area contributed by atoms with Crippen LogP contribution in [0.4, 0.5) is 5.82 Å². The van der Waals surface area contributed by atoms with Crippen LogP contribution in [0.5, 0.6) is 0 Å². The highest BCUT2D eigenvalue weighted by molar-refractivity contribution is 7.91. The van der Waals surface area contributed by atoms with E-state index in [9.17, 15) is 8.42 Å². The fraction of sp³-hybridized carbons (Fsp3) is 0.583. The molecule has 19 heavy (non-hydrogen) atoms. The average molecular weight is 280 g/mol. The molecule has 0 saturated carbocycles. The third kappa shape index (κ3) is 3.01. The molecule has 7 heteroatoms. The van der Waals surface area contributed by atoms with Gasteiger partial charge in [-0.1, -0.05) is 0 Å². The number of anilines is 1. The van der Waals surface area contributed by atoms with Crippen molar-refractivity contribution in [2.45, 2.75) is 20.3 Å². The van der Waals surface area contributed by atoms with E-state index in [1.165, 1.54) is 0 Å². The van der Waals surface area contributed by atoms with Crippen LogP contribution in [0.15, 0.2) is 0 Å². The highest BCUT2D eigenvalue weighted by atomic mass is 32.2. The van der Waals surface area contributed by atoms with E-state index in [4.69, 9.17) is 5.26 Å². The minimum Gasteiger partial charge on any atom is -0.367 e. The van der Waals surface area contributed by atoms with E-state index < -0.39 is 9.84 Å². The topological polar surface area (TPSA) is 95.7 Å². The van der Waals surface area contributed by atoms with Crippen LogP contribution >= 0.6 is 0 Å². The summed E-state index contributed by atoms with van der Waals surface area (Å²) < 4.78 is 22.7. The summed E-state index contributed by atoms with van der Waals surface area (Å²) in [6.45, 7) is 4.13. The zero-order chi connectivity index (χ0) is 14.0. The van der Waals surface area contributed by atoms with Gasteiger partial charge in [0.1, 0.15) is 11.6 Å². The Kier molecular flexibility index (Phi) is 3.71. The second-order valence-electron chi connectivity index (χ2n) is 4.90. The van der Waals surface area contributed by atoms with Gasteiger partial charge in [-0.15, -0.1) is 5.10 Å². The van der Waals surface area contributed by atoms with Gasteiger partial charge < -0.3 is 5.32 Å². The van der Waals surface area contributed by atoms with Gasteiger partial charge in [0.05, 0.1) is 17.2 Å². The molecule has 6 nitrogen and oxygen atoms in total. The molecule has 0 amide bonds. The molecule has 1 aromatic rings. The van der Waals surface area contributed by atoms with E-state index in [1.807, 2.05) is 6.92 Å². The van der Waals surface area contributed by atoms with Crippen LogP contribution in [-0.2, 0) is 9.84 Å². The number of rotatable bonds is 3. The standard InChI is InChI=1S/C12H16N4O2S/c1-8-9(2)15-16-12(11(8)5-13)14-6-10-3-4-19(17,18)7-10/h10H,3-4,6-7H2,1-2H3,(H,14,16). The quantitative estimate of drug-likeness (QED) is 0.880. The molecule has 1 aromatic heterocycles. The molecular weight excluding hydrogens is 264 g/mol. The molecule has 1 unspecified atom stereocenters. The Morgan fingerprint density at radius 2 is 2.16 bits per heavy atom. The minimum absolute atomic E-state index is 0.0833. The molecule has 2 heterocycles. The highest BCUT2D eigenvalue weighted by Gasteiger charge is 2.27. The van der Waals surface area contributed by atoms with Crippen LogP contribution in [0, 0.1) is 31.1 Å². The monoisotopic (exact) mass is 280 g/mol. The predicted octanol–water partition coefficient (Wildman–Crippen LogP) is 0.812. The van der Waals surface area contributed by atoms with Gasteiger partial charge in [0.2, 0.25) is 0 Å². The number of hydrogen-bond acceptors (Lipinski definition) is 6. The molecule has 1 saturated heterocycles. The van der Waals surface area contributed by atoms with Crippen molar-refractivity contribution in [2.24, 2.45) is 5.92 Å². The van der Waals surface area contributed by atoms with Gasteiger partial charge >= 0.3 is 0 Å². The van der Waals surface area contributed by atoms with E-state index in [0.717, 1.165) is 11.3 Å². The average Bonchev–Trinajstić information content (AvgIpc) is 2.70. The minimum atomic E-state index is -2.87. The zero-order valence-corrected chi connectivity index (χ0v) is 11.8. The van der Waals surface area contributed by atoms with E-state index in [0.29, 0.717) is 24.3 Å². The molecule has 1 N–H and O–H groups in total. The summed E-state index contributed by atoms with van der Waals surface area (Å²) in [5.74, 6) is 0.985. The molecule has 102 valence electrons. The van der Waals surface area contributed by atoms with Gasteiger partial charge in [-0.3, -0.25) is 0 Å². The van der Waals surface area contributed by atoms with Crippen molar-refractivity contribution in [3.05, 3.63) is 16.8 Å². The van der Waals surface area contributed by atoms with Gasteiger partial charge in [-0.05, 0) is 31.7 Å². The van der Waals surface area contributed by atoms with Crippen molar-refractivity contribution >= 4 is 15.7 Å². The lowest BCUT2D eigenvalue weighted by molar-refractivity contribution is 0.595. The first-order valence-electron chi connectivity index (χ1n) is 6.11. The number of hydrogen-bond donors (Lipinski definition) is 1. The maximum absolute atomic E-state index is 11.4. The number of sulfone groups is 1. The molecule has 1 aliphatic rings. The summed E-state index contributed by atoms with van der Waals surface area (Å²) >= 11 is 0. The molecule has 0 radical (unpaired) electrons. The van der Waals surface area contributed by atoms with Crippen LogP contribution in [0.3, 0.4) is 0 Å². The number of aromatic nitrogens is 2. The van der Waals surface area contributed by atoms with E-state index in [1.54, 1.807) is 6.92 Å². The highest BCUT2D eigenvalue weighted by Crippen LogP contribution is 2.21. The molecule has 0 aliphatic carbocycles. The fourth-order valence-electron chi connectivity index (χ4n) is 2.14. The summed E-state index contributed by atoms with van der Waals surface area (Å²) in [4.78, 5) is 0. The molecule has 0 aromatic carbocycles. The van der Waals surface area contributed by atoms with Crippen molar-refractivity contribution in [1.29, 1.82) is 5.26 Å². The first-order valence-corrected chi connectivity index (χ1v) is 7.93. The van der Waals surface area contributed by atoms with E-state index in [2.05, 4.69) is 21.6 Å². The van der Waals surface area contributed by atoms with Crippen LogP contribution in [-0.4, -0.2) is 36.7 Å². The number of nitrogens with zero attached hydrogens (tertiary/aromatic N) is 3. The van der Waals surface area contributed by atoms with Gasteiger partial charge in [-0.25, -0.2) is 8.42 Å². The van der Waals surface area contributed by atoms with Gasteiger partial charge in [0, 0.05) is 6.54 Å². The Balaban J connectivity index is 2.09. The van der Waals surface area contributed by atoms with Crippen molar-refractivity contribution in [1.82, 2.24) is 10.2 Å². The smallest absolute Gasteiger partial charge is 0.166 e. The first kappa shape index (κ1) is 13.7. The van der Waals surface area contributed by atoms with Crippen LogP contribution in [0.2, 0.25) is 0 Å². The molecule has 0 bridgehead atoms. The maximum atomic E-state index is 11.4. The normalized spacial score (nSPS) is 21.0. The van der Waals surface area contributed by atoms with Crippen LogP contribution in [0.1, 0.15) is 23.2 Å². The van der Waals surface area contributed by atoms with E-state index >= 15 is 0 Å². The molecule has 2 rings (SSSR count). The largest absolute Gasteiger partial charge is 0.367 e. The lowest BCUT2D eigenvalue weighted by atomic mass is 10.1. The van der Waals surface area contributed by atoms with Crippen LogP contribution in [0.25, 0.3) is 0 Å². The Bertz CT molecular complexity index is 634. The Morgan fingerprint density at radius 1 is 1.42 bits per heavy atom. The van der Waals surface area contributed by atoms with Crippen molar-refractivity contribution in [3.63, 3.8) is 0 Å². The molecule has 1 aliphatic heterocycles. The fourth-order valence-corrected chi connectivity index (χ4v) is 4.00. The number of nitrogens with one attached hydrogen (secondary N) is 1. The summed E-state index contributed by atoms with van der Waals surface area (Å²) in [7, 11) is -2.87. The number of nitriles is 1. The lowest BCUT2D eigenvalue weighted by Crippen LogP contribution is -2.17. The molecule has 1 fully saturated rings. The van der Waals surface area contributed by atoms with Gasteiger partial charge in [0.25, 0.3) is 0 Å². The van der Waals surface area contributed by atoms with Crippen molar-refractivity contribution < 1.29 is 8.42 Å². The SMILES string of the molecule is Cc1nnc(NCC2CCS(=O)(=O)C2)c(C#N)c1C. The second-order valence-corrected chi connectivity index (χ2v) is 7.12. The summed E-state index contributed by atoms with van der Waals surface area (Å²) in [5, 5.41) is 20.1. The van der Waals surface area contributed by atoms with Crippen molar-refractivity contribution in [2.75, 3.05) is 23.4 Å². The Morgan fingerprint density at radius 3 is 2.74 bits per heavy atom. The summed E-state index contributed by atoms with van der Waals surface area (Å²) in [6, 6.07) is 2.11. The predicted molar refractivity (Wildman–Crippen MR) is 71.5 cm³/mol. The maximum Gasteiger partial charge on any atom is 0.166 e. The lowest BCUT2D eigenvalue weighted by Gasteiger charge is -2.12. The molecular formula is C12H16N4O2S. The van der Waals surface area contributed by atoms with Gasteiger partial charge in [0.15, 0.2) is 15.7 Å². The Hall–Kier alpha value is -1.68. The zero-order valence-electron chi connectivity index (χ0n) is 11.0. The molecule has 1 atom stereocenters. The summed E-state index contributed by atoms with van der Waals surface area (Å²) in [5.41, 5.74) is 2.01. The number of aryl methyl sites for hydroxylation is 1. The molecule has 0 spiro atoms.